The largest absolute Gasteiger partial charge is 0.493 e. The van der Waals surface area contributed by atoms with Gasteiger partial charge in [-0.05, 0) is 31.5 Å². The van der Waals surface area contributed by atoms with E-state index in [4.69, 9.17) is 9.47 Å². The fraction of sp³-hybridized carbons (Fsp3) is 0.320. The molecule has 3 aromatic rings. The van der Waals surface area contributed by atoms with Gasteiger partial charge in [-0.15, -0.1) is 11.3 Å². The van der Waals surface area contributed by atoms with Crippen molar-refractivity contribution in [1.29, 1.82) is 0 Å². The van der Waals surface area contributed by atoms with Crippen molar-refractivity contribution in [2.75, 3.05) is 19.0 Å². The number of hydrogen-bond acceptors (Lipinski definition) is 6. The molecule has 1 aliphatic rings. The number of aryl methyl sites for hydroxylation is 1. The van der Waals surface area contributed by atoms with Gasteiger partial charge in [-0.25, -0.2) is 8.42 Å². The summed E-state index contributed by atoms with van der Waals surface area (Å²) >= 11 is 1.34. The van der Waals surface area contributed by atoms with Crippen LogP contribution in [0.2, 0.25) is 0 Å². The molecule has 2 aromatic carbocycles. The first-order chi connectivity index (χ1) is 15.9. The number of carbonyl (C=O) groups is 1. The van der Waals surface area contributed by atoms with Crippen LogP contribution < -0.4 is 14.8 Å². The third kappa shape index (κ3) is 4.50. The van der Waals surface area contributed by atoms with Crippen molar-refractivity contribution in [2.24, 2.45) is 0 Å². The molecule has 0 bridgehead atoms. The summed E-state index contributed by atoms with van der Waals surface area (Å²) in [5, 5.41) is 4.44. The molecule has 1 amide bonds. The van der Waals surface area contributed by atoms with Crippen molar-refractivity contribution < 1.29 is 22.7 Å². The van der Waals surface area contributed by atoms with E-state index in [1.54, 1.807) is 36.8 Å². The zero-order valence-corrected chi connectivity index (χ0v) is 20.5. The maximum atomic E-state index is 13.4. The minimum atomic E-state index is -3.78. The van der Waals surface area contributed by atoms with Crippen LogP contribution in [0.4, 0.5) is 5.69 Å². The van der Waals surface area contributed by atoms with Gasteiger partial charge in [-0.3, -0.25) is 4.79 Å². The van der Waals surface area contributed by atoms with Crippen molar-refractivity contribution in [1.82, 2.24) is 0 Å². The van der Waals surface area contributed by atoms with Crippen molar-refractivity contribution in [2.45, 2.75) is 48.8 Å². The van der Waals surface area contributed by atoms with Crippen LogP contribution in [0.5, 0.6) is 11.5 Å². The standard InChI is InChI=1S/C25H27NO5S2/c1-4-5-13-31-24-18(7-6-8-20(24)30-3)19-14-22(27)26-23-21(15-32-25(19)23)33(28,29)17-11-9-16(2)10-12-17/h6-12,15,19H,4-5,13-14H2,1-3H3,(H,26,27)/t19-/m1/s1. The van der Waals surface area contributed by atoms with Gasteiger partial charge in [0.1, 0.15) is 4.90 Å². The Morgan fingerprint density at radius 1 is 1.15 bits per heavy atom. The predicted molar refractivity (Wildman–Crippen MR) is 129 cm³/mol. The molecule has 1 aliphatic heterocycles. The molecule has 0 radical (unpaired) electrons. The molecule has 0 fully saturated rings. The summed E-state index contributed by atoms with van der Waals surface area (Å²) in [7, 11) is -2.20. The lowest BCUT2D eigenvalue weighted by Gasteiger charge is -2.26. The maximum absolute atomic E-state index is 13.4. The van der Waals surface area contributed by atoms with E-state index in [1.807, 2.05) is 25.1 Å². The minimum absolute atomic E-state index is 0.126. The number of unbranched alkanes of at least 4 members (excludes halogenated alkanes) is 1. The average molecular weight is 486 g/mol. The minimum Gasteiger partial charge on any atom is -0.493 e. The Labute approximate surface area is 198 Å². The molecule has 0 saturated heterocycles. The molecular weight excluding hydrogens is 458 g/mol. The Hall–Kier alpha value is -2.84. The normalized spacial score (nSPS) is 15.6. The van der Waals surface area contributed by atoms with E-state index in [2.05, 4.69) is 12.2 Å². The van der Waals surface area contributed by atoms with Crippen LogP contribution >= 0.6 is 11.3 Å². The molecule has 1 aromatic heterocycles. The maximum Gasteiger partial charge on any atom is 0.225 e. The number of para-hydroxylation sites is 1. The second-order valence-electron chi connectivity index (χ2n) is 8.04. The van der Waals surface area contributed by atoms with E-state index in [1.165, 1.54) is 11.3 Å². The van der Waals surface area contributed by atoms with Crippen LogP contribution in [-0.2, 0) is 14.6 Å². The second kappa shape index (κ2) is 9.57. The van der Waals surface area contributed by atoms with E-state index in [-0.39, 0.29) is 28.0 Å². The van der Waals surface area contributed by atoms with Crippen molar-refractivity contribution >= 4 is 32.8 Å². The lowest BCUT2D eigenvalue weighted by molar-refractivity contribution is -0.116. The molecule has 1 atom stereocenters. The highest BCUT2D eigenvalue weighted by molar-refractivity contribution is 7.91. The Morgan fingerprint density at radius 2 is 1.91 bits per heavy atom. The van der Waals surface area contributed by atoms with Gasteiger partial charge in [0.2, 0.25) is 15.7 Å². The summed E-state index contributed by atoms with van der Waals surface area (Å²) in [5.74, 6) is 0.650. The molecule has 6 nitrogen and oxygen atoms in total. The number of nitrogens with one attached hydrogen (secondary N) is 1. The highest BCUT2D eigenvalue weighted by Gasteiger charge is 2.36. The van der Waals surface area contributed by atoms with Gasteiger partial charge in [0.05, 0.1) is 24.3 Å². The molecule has 0 spiro atoms. The summed E-state index contributed by atoms with van der Waals surface area (Å²) in [6.45, 7) is 4.53. The molecule has 174 valence electrons. The molecule has 1 N–H and O–H groups in total. The highest BCUT2D eigenvalue weighted by Crippen LogP contribution is 2.49. The predicted octanol–water partition coefficient (Wildman–Crippen LogP) is 5.55. The summed E-state index contributed by atoms with van der Waals surface area (Å²) < 4.78 is 38.4. The number of hydrogen-bond donors (Lipinski definition) is 1. The monoisotopic (exact) mass is 485 g/mol. The topological polar surface area (TPSA) is 81.7 Å². The molecule has 4 rings (SSSR count). The van der Waals surface area contributed by atoms with Crippen molar-refractivity contribution in [3.05, 3.63) is 63.8 Å². The van der Waals surface area contributed by atoms with Crippen molar-refractivity contribution in [3.63, 3.8) is 0 Å². The molecule has 0 unspecified atom stereocenters. The summed E-state index contributed by atoms with van der Waals surface area (Å²) in [5.41, 5.74) is 2.16. The first-order valence-electron chi connectivity index (χ1n) is 10.9. The third-order valence-electron chi connectivity index (χ3n) is 5.73. The van der Waals surface area contributed by atoms with E-state index < -0.39 is 9.84 Å². The van der Waals surface area contributed by atoms with Crippen LogP contribution in [0.1, 0.15) is 48.1 Å². The van der Waals surface area contributed by atoms with E-state index >= 15 is 0 Å². The Morgan fingerprint density at radius 3 is 2.61 bits per heavy atom. The molecule has 0 saturated carbocycles. The number of benzene rings is 2. The number of rotatable bonds is 8. The lowest BCUT2D eigenvalue weighted by Crippen LogP contribution is -2.24. The molecule has 0 aliphatic carbocycles. The highest BCUT2D eigenvalue weighted by atomic mass is 32.2. The summed E-state index contributed by atoms with van der Waals surface area (Å²) in [6, 6.07) is 12.3. The molecule has 8 heteroatoms. The smallest absolute Gasteiger partial charge is 0.225 e. The molecular formula is C25H27NO5S2. The SMILES string of the molecule is CCCCOc1c(OC)cccc1[C@H]1CC(=O)Nc2c(S(=O)(=O)c3ccc(C)cc3)csc21. The number of fused-ring (bicyclic) bond motifs is 1. The van der Waals surface area contributed by atoms with Crippen LogP contribution in [0.25, 0.3) is 0 Å². The lowest BCUT2D eigenvalue weighted by atomic mass is 9.89. The Bertz CT molecular complexity index is 1260. The first-order valence-corrected chi connectivity index (χ1v) is 13.3. The van der Waals surface area contributed by atoms with Gasteiger partial charge >= 0.3 is 0 Å². The van der Waals surface area contributed by atoms with Crippen LogP contribution in [0, 0.1) is 6.92 Å². The quantitative estimate of drug-likeness (QED) is 0.423. The summed E-state index contributed by atoms with van der Waals surface area (Å²) in [4.78, 5) is 13.8. The van der Waals surface area contributed by atoms with Gasteiger partial charge in [0, 0.05) is 28.2 Å². The number of carbonyl (C=O) groups excluding carboxylic acids is 1. The van der Waals surface area contributed by atoms with E-state index in [0.29, 0.717) is 23.8 Å². The van der Waals surface area contributed by atoms with Gasteiger partial charge in [-0.2, -0.15) is 0 Å². The number of anilines is 1. The van der Waals surface area contributed by atoms with E-state index in [0.717, 1.165) is 28.8 Å². The zero-order chi connectivity index (χ0) is 23.6. The number of sulfone groups is 1. The number of thiophene rings is 1. The third-order valence-corrected chi connectivity index (χ3v) is 8.77. The van der Waals surface area contributed by atoms with Gasteiger partial charge in [0.25, 0.3) is 0 Å². The van der Waals surface area contributed by atoms with Gasteiger partial charge in [0.15, 0.2) is 11.5 Å². The fourth-order valence-corrected chi connectivity index (χ4v) is 6.84. The van der Waals surface area contributed by atoms with Gasteiger partial charge in [-0.1, -0.05) is 43.2 Å². The van der Waals surface area contributed by atoms with Crippen LogP contribution in [0.15, 0.2) is 57.6 Å². The average Bonchev–Trinajstić information content (AvgIpc) is 3.23. The number of methoxy groups -OCH3 is 1. The van der Waals surface area contributed by atoms with Crippen LogP contribution in [0.3, 0.4) is 0 Å². The first kappa shape index (κ1) is 23.3. The van der Waals surface area contributed by atoms with Gasteiger partial charge < -0.3 is 14.8 Å². The Kier molecular flexibility index (Phi) is 6.76. The number of ether oxygens (including phenoxy) is 2. The summed E-state index contributed by atoms with van der Waals surface area (Å²) in [6.07, 6.45) is 2.09. The fourth-order valence-electron chi connectivity index (χ4n) is 3.94. The van der Waals surface area contributed by atoms with Crippen LogP contribution in [-0.4, -0.2) is 28.0 Å². The molecule has 33 heavy (non-hydrogen) atoms. The zero-order valence-electron chi connectivity index (χ0n) is 18.9. The Balaban J connectivity index is 1.80. The molecule has 2 heterocycles. The van der Waals surface area contributed by atoms with E-state index in [9.17, 15) is 13.2 Å². The second-order valence-corrected chi connectivity index (χ2v) is 10.9. The van der Waals surface area contributed by atoms with Crippen molar-refractivity contribution in [3.8, 4) is 11.5 Å². The number of amides is 1.